The Kier molecular flexibility index (Phi) is 5.67. The standard InChI is InChI=1S/C28H38O4/c29-25(31-23-13-11-21-17-7-9-19(15-17)27(21)23)5-3-1-2-4-6-26(30)32-24-14-12-22-18-8-10-20(16-18)28(22)24/h7-10,17-24,27-28H,1-6,11-16H2/t17-,18-,19+,20+,21-,22-,23-,24-,27-,28-/m0/s1. The van der Waals surface area contributed by atoms with Crippen LogP contribution >= 0.6 is 0 Å². The number of carbonyl (C=O) groups excluding carboxylic acids is 2. The number of hydrogen-bond donors (Lipinski definition) is 0. The SMILES string of the molecule is O=C(CCCCCCC(=O)O[C@H]1CC[C@@H]2[C@@H]1[C@@H]1C=C[C@H]2C1)O[C@H]1CC[C@@H]2[C@@H]1[C@@H]1C=C[C@H]2C1. The largest absolute Gasteiger partial charge is 0.462 e. The minimum Gasteiger partial charge on any atom is -0.462 e. The first kappa shape index (κ1) is 21.0. The highest BCUT2D eigenvalue weighted by atomic mass is 16.5. The Labute approximate surface area is 192 Å². The van der Waals surface area contributed by atoms with Crippen molar-refractivity contribution >= 4 is 11.9 Å². The topological polar surface area (TPSA) is 52.6 Å². The third kappa shape index (κ3) is 3.76. The number of fused-ring (bicyclic) bond motifs is 10. The highest BCUT2D eigenvalue weighted by Crippen LogP contribution is 2.57. The zero-order valence-electron chi connectivity index (χ0n) is 19.2. The lowest BCUT2D eigenvalue weighted by atomic mass is 9.85. The summed E-state index contributed by atoms with van der Waals surface area (Å²) in [6.07, 6.45) is 21.7. The molecule has 0 unspecified atom stereocenters. The van der Waals surface area contributed by atoms with Gasteiger partial charge in [0.05, 0.1) is 0 Å². The first-order valence-electron chi connectivity index (χ1n) is 13.4. The molecule has 4 bridgehead atoms. The minimum atomic E-state index is -0.0162. The quantitative estimate of drug-likeness (QED) is 0.267. The van der Waals surface area contributed by atoms with Crippen molar-refractivity contribution in [2.24, 2.45) is 47.3 Å². The number of ether oxygens (including phenoxy) is 2. The molecular weight excluding hydrogens is 400 g/mol. The van der Waals surface area contributed by atoms with E-state index in [0.717, 1.165) is 62.2 Å². The molecule has 4 saturated carbocycles. The molecule has 0 aromatic heterocycles. The van der Waals surface area contributed by atoms with Crippen molar-refractivity contribution < 1.29 is 19.1 Å². The van der Waals surface area contributed by atoms with Crippen molar-refractivity contribution in [3.63, 3.8) is 0 Å². The van der Waals surface area contributed by atoms with Gasteiger partial charge in [-0.15, -0.1) is 0 Å². The van der Waals surface area contributed by atoms with Crippen molar-refractivity contribution in [2.75, 3.05) is 0 Å². The highest BCUT2D eigenvalue weighted by Gasteiger charge is 2.53. The number of esters is 2. The Balaban J connectivity index is 0.841. The van der Waals surface area contributed by atoms with Gasteiger partial charge in [-0.05, 0) is 86.9 Å². The average molecular weight is 439 g/mol. The van der Waals surface area contributed by atoms with Gasteiger partial charge in [0, 0.05) is 24.7 Å². The normalized spacial score (nSPS) is 44.2. The molecule has 174 valence electrons. The van der Waals surface area contributed by atoms with Gasteiger partial charge in [-0.3, -0.25) is 9.59 Å². The van der Waals surface area contributed by atoms with Gasteiger partial charge in [-0.1, -0.05) is 37.1 Å². The van der Waals surface area contributed by atoms with E-state index in [1.807, 2.05) is 0 Å². The van der Waals surface area contributed by atoms with E-state index in [-0.39, 0.29) is 24.1 Å². The van der Waals surface area contributed by atoms with E-state index in [0.29, 0.717) is 36.5 Å². The molecule has 0 N–H and O–H groups in total. The Morgan fingerprint density at radius 2 is 1.03 bits per heavy atom. The maximum atomic E-state index is 12.4. The van der Waals surface area contributed by atoms with Gasteiger partial charge in [0.25, 0.3) is 0 Å². The van der Waals surface area contributed by atoms with E-state index in [4.69, 9.17) is 9.47 Å². The molecule has 0 radical (unpaired) electrons. The summed E-state index contributed by atoms with van der Waals surface area (Å²) in [7, 11) is 0. The summed E-state index contributed by atoms with van der Waals surface area (Å²) in [6, 6.07) is 0. The summed E-state index contributed by atoms with van der Waals surface area (Å²) in [4.78, 5) is 24.7. The smallest absolute Gasteiger partial charge is 0.306 e. The number of hydrogen-bond acceptors (Lipinski definition) is 4. The first-order valence-corrected chi connectivity index (χ1v) is 13.4. The minimum absolute atomic E-state index is 0.0162. The molecule has 0 aliphatic heterocycles. The monoisotopic (exact) mass is 438 g/mol. The van der Waals surface area contributed by atoms with Crippen molar-refractivity contribution in [2.45, 2.75) is 89.3 Å². The molecule has 0 heterocycles. The second kappa shape index (κ2) is 8.65. The van der Waals surface area contributed by atoms with Gasteiger partial charge in [-0.2, -0.15) is 0 Å². The van der Waals surface area contributed by atoms with Crippen molar-refractivity contribution in [3.8, 4) is 0 Å². The van der Waals surface area contributed by atoms with Crippen LogP contribution in [0.3, 0.4) is 0 Å². The summed E-state index contributed by atoms with van der Waals surface area (Å²) in [5.74, 6) is 5.48. The maximum absolute atomic E-state index is 12.4. The van der Waals surface area contributed by atoms with E-state index in [2.05, 4.69) is 24.3 Å². The highest BCUT2D eigenvalue weighted by molar-refractivity contribution is 5.70. The summed E-state index contributed by atoms with van der Waals surface area (Å²) in [6.45, 7) is 0. The van der Waals surface area contributed by atoms with Crippen LogP contribution in [-0.4, -0.2) is 24.1 Å². The third-order valence-electron chi connectivity index (χ3n) is 9.88. The molecule has 4 fully saturated rings. The predicted octanol–water partition coefficient (Wildman–Crippen LogP) is 5.61. The van der Waals surface area contributed by atoms with Gasteiger partial charge >= 0.3 is 11.9 Å². The molecule has 6 aliphatic carbocycles. The van der Waals surface area contributed by atoms with Crippen LogP contribution in [0.15, 0.2) is 24.3 Å². The number of allylic oxidation sites excluding steroid dienone is 4. The van der Waals surface area contributed by atoms with E-state index in [1.54, 1.807) is 0 Å². The van der Waals surface area contributed by atoms with E-state index in [9.17, 15) is 9.59 Å². The fourth-order valence-electron chi connectivity index (χ4n) is 8.56. The van der Waals surface area contributed by atoms with Crippen LogP contribution in [0.25, 0.3) is 0 Å². The van der Waals surface area contributed by atoms with Crippen LogP contribution in [0.2, 0.25) is 0 Å². The van der Waals surface area contributed by atoms with Gasteiger partial charge in [0.2, 0.25) is 0 Å². The molecule has 0 spiro atoms. The molecule has 4 nitrogen and oxygen atoms in total. The third-order valence-corrected chi connectivity index (χ3v) is 9.88. The van der Waals surface area contributed by atoms with E-state index < -0.39 is 0 Å². The lowest BCUT2D eigenvalue weighted by Gasteiger charge is -2.25. The molecular formula is C28H38O4. The second-order valence-corrected chi connectivity index (χ2v) is 11.5. The maximum Gasteiger partial charge on any atom is 0.306 e. The molecule has 6 aliphatic rings. The average Bonchev–Trinajstić information content (AvgIpc) is 3.59. The molecule has 32 heavy (non-hydrogen) atoms. The summed E-state index contributed by atoms with van der Waals surface area (Å²) in [5, 5.41) is 0. The zero-order valence-corrected chi connectivity index (χ0v) is 19.2. The first-order chi connectivity index (χ1) is 15.7. The lowest BCUT2D eigenvalue weighted by Crippen LogP contribution is -2.28. The molecule has 4 heteroatoms. The summed E-state index contributed by atoms with van der Waals surface area (Å²) < 4.78 is 11.8. The summed E-state index contributed by atoms with van der Waals surface area (Å²) >= 11 is 0. The fourth-order valence-corrected chi connectivity index (χ4v) is 8.56. The Morgan fingerprint density at radius 1 is 0.594 bits per heavy atom. The second-order valence-electron chi connectivity index (χ2n) is 11.5. The van der Waals surface area contributed by atoms with Crippen LogP contribution in [0.5, 0.6) is 0 Å². The predicted molar refractivity (Wildman–Crippen MR) is 121 cm³/mol. The molecule has 0 aromatic rings. The molecule has 6 rings (SSSR count). The van der Waals surface area contributed by atoms with Gasteiger partial charge in [0.1, 0.15) is 12.2 Å². The lowest BCUT2D eigenvalue weighted by molar-refractivity contribution is -0.152. The number of unbranched alkanes of at least 4 members (excludes halogenated alkanes) is 3. The molecule has 0 aromatic carbocycles. The Bertz CT molecular complexity index is 733. The van der Waals surface area contributed by atoms with E-state index in [1.165, 1.54) is 25.7 Å². The van der Waals surface area contributed by atoms with Crippen LogP contribution < -0.4 is 0 Å². The Hall–Kier alpha value is -1.58. The summed E-state index contributed by atoms with van der Waals surface area (Å²) in [5.41, 5.74) is 0. The Morgan fingerprint density at radius 3 is 1.50 bits per heavy atom. The van der Waals surface area contributed by atoms with Gasteiger partial charge in [-0.25, -0.2) is 0 Å². The van der Waals surface area contributed by atoms with Crippen LogP contribution in [-0.2, 0) is 19.1 Å². The van der Waals surface area contributed by atoms with Gasteiger partial charge in [0.15, 0.2) is 0 Å². The molecule has 10 atom stereocenters. The number of rotatable bonds is 9. The molecule has 0 amide bonds. The number of carbonyl (C=O) groups is 2. The van der Waals surface area contributed by atoms with E-state index >= 15 is 0 Å². The van der Waals surface area contributed by atoms with Gasteiger partial charge < -0.3 is 9.47 Å². The van der Waals surface area contributed by atoms with Crippen LogP contribution in [0, 0.1) is 47.3 Å². The van der Waals surface area contributed by atoms with Crippen LogP contribution in [0.4, 0.5) is 0 Å². The molecule has 0 saturated heterocycles. The van der Waals surface area contributed by atoms with Crippen LogP contribution in [0.1, 0.15) is 77.0 Å². The van der Waals surface area contributed by atoms with Crippen molar-refractivity contribution in [1.29, 1.82) is 0 Å². The zero-order chi connectivity index (χ0) is 21.7. The van der Waals surface area contributed by atoms with Crippen molar-refractivity contribution in [1.82, 2.24) is 0 Å². The van der Waals surface area contributed by atoms with Crippen molar-refractivity contribution in [3.05, 3.63) is 24.3 Å². The fraction of sp³-hybridized carbons (Fsp3) is 0.786.